The molecule has 0 amide bonds. The highest BCUT2D eigenvalue weighted by Crippen LogP contribution is 2.17. The Morgan fingerprint density at radius 3 is 2.05 bits per heavy atom. The average Bonchev–Trinajstić information content (AvgIpc) is 2.56. The molecule has 0 aromatic heterocycles. The van der Waals surface area contributed by atoms with Gasteiger partial charge in [0.1, 0.15) is 0 Å². The number of methoxy groups -OCH3 is 1. The number of allylic oxidation sites excluding steroid dienone is 1. The Hall–Kier alpha value is -2.23. The van der Waals surface area contributed by atoms with Crippen molar-refractivity contribution < 1.29 is 14.3 Å². The number of hydrogen-bond acceptors (Lipinski definition) is 3. The molecular formula is C18H15ClO3. The summed E-state index contributed by atoms with van der Waals surface area (Å²) in [6.07, 6.45) is 1.51. The van der Waals surface area contributed by atoms with Gasteiger partial charge in [-0.05, 0) is 30.3 Å². The Kier molecular flexibility index (Phi) is 5.64. The van der Waals surface area contributed by atoms with Crippen molar-refractivity contribution in [3.63, 3.8) is 0 Å². The highest BCUT2D eigenvalue weighted by Gasteiger charge is 2.20. The predicted molar refractivity (Wildman–Crippen MR) is 86.5 cm³/mol. The SMILES string of the molecule is COC/C=C(\C(=O)c1ccccc1)C(=O)c1ccc(Cl)cc1. The lowest BCUT2D eigenvalue weighted by Gasteiger charge is -2.07. The van der Waals surface area contributed by atoms with Crippen LogP contribution in [0.1, 0.15) is 20.7 Å². The minimum atomic E-state index is -0.345. The van der Waals surface area contributed by atoms with Crippen LogP contribution in [0, 0.1) is 0 Å². The molecule has 0 aliphatic carbocycles. The van der Waals surface area contributed by atoms with Gasteiger partial charge in [-0.15, -0.1) is 0 Å². The zero-order valence-electron chi connectivity index (χ0n) is 12.1. The minimum Gasteiger partial charge on any atom is -0.381 e. The molecule has 4 heteroatoms. The predicted octanol–water partition coefficient (Wildman–Crippen LogP) is 3.98. The fraction of sp³-hybridized carbons (Fsp3) is 0.111. The molecule has 0 N–H and O–H groups in total. The lowest BCUT2D eigenvalue weighted by molar-refractivity contribution is 0.0960. The van der Waals surface area contributed by atoms with Gasteiger partial charge in [0.15, 0.2) is 11.6 Å². The fourth-order valence-corrected chi connectivity index (χ4v) is 2.08. The Morgan fingerprint density at radius 1 is 0.955 bits per heavy atom. The molecule has 3 nitrogen and oxygen atoms in total. The van der Waals surface area contributed by atoms with Crippen molar-refractivity contribution in [2.75, 3.05) is 13.7 Å². The molecule has 0 unspecified atom stereocenters. The number of carbonyl (C=O) groups is 2. The first kappa shape index (κ1) is 16.1. The number of hydrogen-bond donors (Lipinski definition) is 0. The third-order valence-electron chi connectivity index (χ3n) is 3.09. The number of Topliss-reactive ketones (excluding diaryl/α,β-unsaturated/α-hetero) is 2. The van der Waals surface area contributed by atoms with Gasteiger partial charge in [-0.3, -0.25) is 9.59 Å². The van der Waals surface area contributed by atoms with Crippen molar-refractivity contribution in [1.82, 2.24) is 0 Å². The standard InChI is InChI=1S/C18H15ClO3/c1-22-12-11-16(17(20)13-5-3-2-4-6-13)18(21)14-7-9-15(19)10-8-14/h2-11H,12H2,1H3/b16-11+. The second kappa shape index (κ2) is 7.69. The fourth-order valence-electron chi connectivity index (χ4n) is 1.96. The normalized spacial score (nSPS) is 11.3. The van der Waals surface area contributed by atoms with Crippen LogP contribution in [0.4, 0.5) is 0 Å². The molecular weight excluding hydrogens is 300 g/mol. The van der Waals surface area contributed by atoms with Gasteiger partial charge in [0, 0.05) is 23.3 Å². The Bertz CT molecular complexity index is 688. The zero-order chi connectivity index (χ0) is 15.9. The largest absolute Gasteiger partial charge is 0.381 e. The summed E-state index contributed by atoms with van der Waals surface area (Å²) < 4.78 is 4.96. The molecule has 0 fully saturated rings. The first-order valence-corrected chi connectivity index (χ1v) is 7.10. The third-order valence-corrected chi connectivity index (χ3v) is 3.34. The van der Waals surface area contributed by atoms with Crippen molar-refractivity contribution in [3.05, 3.63) is 82.4 Å². The van der Waals surface area contributed by atoms with Gasteiger partial charge in [0.2, 0.25) is 0 Å². The van der Waals surface area contributed by atoms with Crippen molar-refractivity contribution >= 4 is 23.2 Å². The highest BCUT2D eigenvalue weighted by atomic mass is 35.5. The van der Waals surface area contributed by atoms with E-state index in [4.69, 9.17) is 16.3 Å². The van der Waals surface area contributed by atoms with Gasteiger partial charge in [0.05, 0.1) is 12.2 Å². The van der Waals surface area contributed by atoms with Crippen LogP contribution in [0.15, 0.2) is 66.2 Å². The molecule has 0 aliphatic heterocycles. The topological polar surface area (TPSA) is 43.4 Å². The number of ketones is 2. The molecule has 0 bridgehead atoms. The summed E-state index contributed by atoms with van der Waals surface area (Å²) in [7, 11) is 1.51. The summed E-state index contributed by atoms with van der Waals surface area (Å²) in [4.78, 5) is 25.2. The van der Waals surface area contributed by atoms with Crippen molar-refractivity contribution in [2.24, 2.45) is 0 Å². The maximum Gasteiger partial charge on any atom is 0.196 e. The molecule has 0 saturated carbocycles. The van der Waals surface area contributed by atoms with E-state index in [2.05, 4.69) is 0 Å². The number of benzene rings is 2. The third kappa shape index (κ3) is 3.91. The summed E-state index contributed by atoms with van der Waals surface area (Å²) in [6.45, 7) is 0.188. The molecule has 22 heavy (non-hydrogen) atoms. The summed E-state index contributed by atoms with van der Waals surface area (Å²) in [5.41, 5.74) is 0.971. The minimum absolute atomic E-state index is 0.0929. The molecule has 112 valence electrons. The number of carbonyl (C=O) groups excluding carboxylic acids is 2. The van der Waals surface area contributed by atoms with Gasteiger partial charge in [-0.25, -0.2) is 0 Å². The summed E-state index contributed by atoms with van der Waals surface area (Å²) in [6, 6.07) is 15.1. The van der Waals surface area contributed by atoms with Crippen molar-refractivity contribution in [3.8, 4) is 0 Å². The van der Waals surface area contributed by atoms with Crippen LogP contribution in [-0.4, -0.2) is 25.3 Å². The van der Waals surface area contributed by atoms with E-state index in [0.29, 0.717) is 16.1 Å². The van der Waals surface area contributed by atoms with Crippen LogP contribution < -0.4 is 0 Å². The van der Waals surface area contributed by atoms with Gasteiger partial charge < -0.3 is 4.74 Å². The molecule has 0 atom stereocenters. The Labute approximate surface area is 134 Å². The molecule has 0 heterocycles. The Morgan fingerprint density at radius 2 is 1.50 bits per heavy atom. The van der Waals surface area contributed by atoms with Gasteiger partial charge in [0.25, 0.3) is 0 Å². The molecule has 2 aromatic rings. The van der Waals surface area contributed by atoms with Gasteiger partial charge in [-0.2, -0.15) is 0 Å². The van der Waals surface area contributed by atoms with Crippen LogP contribution in [0.25, 0.3) is 0 Å². The van der Waals surface area contributed by atoms with Gasteiger partial charge in [-0.1, -0.05) is 41.9 Å². The maximum absolute atomic E-state index is 12.6. The second-order valence-electron chi connectivity index (χ2n) is 4.60. The quantitative estimate of drug-likeness (QED) is 0.350. The smallest absolute Gasteiger partial charge is 0.196 e. The van der Waals surface area contributed by atoms with E-state index in [9.17, 15) is 9.59 Å². The monoisotopic (exact) mass is 314 g/mol. The van der Waals surface area contributed by atoms with Crippen molar-refractivity contribution in [1.29, 1.82) is 0 Å². The zero-order valence-corrected chi connectivity index (χ0v) is 12.8. The lowest BCUT2D eigenvalue weighted by atomic mass is 9.95. The first-order chi connectivity index (χ1) is 10.6. The summed E-state index contributed by atoms with van der Waals surface area (Å²) in [5.74, 6) is -0.667. The first-order valence-electron chi connectivity index (χ1n) is 6.72. The number of halogens is 1. The van der Waals surface area contributed by atoms with E-state index in [0.717, 1.165) is 0 Å². The molecule has 2 aromatic carbocycles. The van der Waals surface area contributed by atoms with Crippen molar-refractivity contribution in [2.45, 2.75) is 0 Å². The molecule has 0 aliphatic rings. The molecule has 2 rings (SSSR count). The second-order valence-corrected chi connectivity index (χ2v) is 5.04. The number of rotatable bonds is 6. The summed E-state index contributed by atoms with van der Waals surface area (Å²) in [5, 5.41) is 0.536. The van der Waals surface area contributed by atoms with Crippen LogP contribution in [-0.2, 0) is 4.74 Å². The lowest BCUT2D eigenvalue weighted by Crippen LogP contribution is -2.14. The number of ether oxygens (including phenoxy) is 1. The molecule has 0 radical (unpaired) electrons. The van der Waals surface area contributed by atoms with E-state index in [1.165, 1.54) is 13.2 Å². The van der Waals surface area contributed by atoms with E-state index in [1.54, 1.807) is 48.5 Å². The van der Waals surface area contributed by atoms with E-state index < -0.39 is 0 Å². The van der Waals surface area contributed by atoms with Crippen LogP contribution >= 0.6 is 11.6 Å². The van der Waals surface area contributed by atoms with E-state index >= 15 is 0 Å². The molecule has 0 spiro atoms. The van der Waals surface area contributed by atoms with Crippen LogP contribution in [0.2, 0.25) is 5.02 Å². The summed E-state index contributed by atoms with van der Waals surface area (Å²) >= 11 is 5.83. The van der Waals surface area contributed by atoms with Crippen LogP contribution in [0.5, 0.6) is 0 Å². The van der Waals surface area contributed by atoms with E-state index in [1.807, 2.05) is 6.07 Å². The van der Waals surface area contributed by atoms with Crippen LogP contribution in [0.3, 0.4) is 0 Å². The Balaban J connectivity index is 2.36. The van der Waals surface area contributed by atoms with Gasteiger partial charge >= 0.3 is 0 Å². The average molecular weight is 315 g/mol. The van der Waals surface area contributed by atoms with E-state index in [-0.39, 0.29) is 23.7 Å². The highest BCUT2D eigenvalue weighted by molar-refractivity contribution is 6.32. The molecule has 0 saturated heterocycles. The maximum atomic E-state index is 12.6.